The van der Waals surface area contributed by atoms with Gasteiger partial charge in [-0.15, -0.1) is 0 Å². The second-order valence-electron chi connectivity index (χ2n) is 5.32. The molecular weight excluding hydrogens is 190 g/mol. The summed E-state index contributed by atoms with van der Waals surface area (Å²) in [4.78, 5) is 11.7. The first-order chi connectivity index (χ1) is 6.92. The van der Waals surface area contributed by atoms with Crippen LogP contribution in [0.4, 0.5) is 0 Å². The van der Waals surface area contributed by atoms with Crippen LogP contribution in [0.25, 0.3) is 0 Å². The molecule has 1 N–H and O–H groups in total. The third-order valence-electron chi connectivity index (χ3n) is 2.57. The summed E-state index contributed by atoms with van der Waals surface area (Å²) in [5.41, 5.74) is -0.373. The molecule has 1 aliphatic heterocycles. The zero-order valence-electron chi connectivity index (χ0n) is 10.3. The Bertz CT molecular complexity index is 220. The molecule has 0 unspecified atom stereocenters. The molecule has 1 aliphatic rings. The van der Waals surface area contributed by atoms with Gasteiger partial charge in [-0.05, 0) is 40.0 Å². The molecule has 0 amide bonds. The van der Waals surface area contributed by atoms with Crippen molar-refractivity contribution in [3.05, 3.63) is 0 Å². The smallest absolute Gasteiger partial charge is 0.323 e. The zero-order chi connectivity index (χ0) is 11.5. The molecule has 0 bridgehead atoms. The van der Waals surface area contributed by atoms with Crippen LogP contribution in [0.1, 0.15) is 53.4 Å². The number of carbonyl (C=O) groups is 1. The molecule has 0 spiro atoms. The Morgan fingerprint density at radius 3 is 2.60 bits per heavy atom. The average Bonchev–Trinajstić information content (AvgIpc) is 2.50. The summed E-state index contributed by atoms with van der Waals surface area (Å²) in [5.74, 6) is -0.0962. The van der Waals surface area contributed by atoms with Crippen LogP contribution in [-0.2, 0) is 9.53 Å². The Morgan fingerprint density at radius 2 is 2.07 bits per heavy atom. The fraction of sp³-hybridized carbons (Fsp3) is 0.917. The van der Waals surface area contributed by atoms with Crippen LogP contribution in [0.3, 0.4) is 0 Å². The van der Waals surface area contributed by atoms with Gasteiger partial charge in [0.1, 0.15) is 11.6 Å². The third kappa shape index (κ3) is 4.20. The maximum absolute atomic E-state index is 11.7. The summed E-state index contributed by atoms with van der Waals surface area (Å²) in [5, 5.41) is 3.34. The summed E-state index contributed by atoms with van der Waals surface area (Å²) in [6.45, 7) is 7.89. The molecule has 0 saturated carbocycles. The molecule has 0 radical (unpaired) electrons. The molecule has 0 aliphatic carbocycles. The number of nitrogens with one attached hydrogen (secondary N) is 1. The highest BCUT2D eigenvalue weighted by Crippen LogP contribution is 2.19. The van der Waals surface area contributed by atoms with Gasteiger partial charge in [-0.1, -0.05) is 13.3 Å². The standard InChI is InChI=1S/C12H23NO2/c1-5-6-9-7-8-10(13-9)11(14)15-12(2,3)4/h9-10,13H,5-8H2,1-4H3/t9-,10-/m0/s1. The van der Waals surface area contributed by atoms with E-state index in [9.17, 15) is 4.79 Å². The molecule has 3 nitrogen and oxygen atoms in total. The van der Waals surface area contributed by atoms with Crippen molar-refractivity contribution in [2.45, 2.75) is 71.1 Å². The van der Waals surface area contributed by atoms with E-state index in [1.807, 2.05) is 20.8 Å². The van der Waals surface area contributed by atoms with Gasteiger partial charge < -0.3 is 10.1 Å². The van der Waals surface area contributed by atoms with Crippen molar-refractivity contribution in [2.24, 2.45) is 0 Å². The topological polar surface area (TPSA) is 38.3 Å². The van der Waals surface area contributed by atoms with Crippen LogP contribution in [0.2, 0.25) is 0 Å². The van der Waals surface area contributed by atoms with Crippen LogP contribution in [-0.4, -0.2) is 23.7 Å². The Balaban J connectivity index is 2.37. The highest BCUT2D eigenvalue weighted by Gasteiger charge is 2.31. The van der Waals surface area contributed by atoms with Gasteiger partial charge in [0.05, 0.1) is 0 Å². The second kappa shape index (κ2) is 4.97. The molecule has 2 atom stereocenters. The van der Waals surface area contributed by atoms with E-state index < -0.39 is 0 Å². The van der Waals surface area contributed by atoms with E-state index in [-0.39, 0.29) is 17.6 Å². The van der Waals surface area contributed by atoms with Gasteiger partial charge in [0.25, 0.3) is 0 Å². The summed E-state index contributed by atoms with van der Waals surface area (Å²) < 4.78 is 5.35. The van der Waals surface area contributed by atoms with Crippen LogP contribution in [0, 0.1) is 0 Å². The molecule has 88 valence electrons. The lowest BCUT2D eigenvalue weighted by molar-refractivity contribution is -0.157. The van der Waals surface area contributed by atoms with Gasteiger partial charge >= 0.3 is 5.97 Å². The first-order valence-corrected chi connectivity index (χ1v) is 5.91. The van der Waals surface area contributed by atoms with Crippen molar-refractivity contribution < 1.29 is 9.53 Å². The molecule has 1 rings (SSSR count). The van der Waals surface area contributed by atoms with E-state index in [1.165, 1.54) is 6.42 Å². The molecule has 0 aromatic rings. The Labute approximate surface area is 92.6 Å². The predicted octanol–water partition coefficient (Wildman–Crippen LogP) is 2.25. The molecule has 1 fully saturated rings. The van der Waals surface area contributed by atoms with E-state index >= 15 is 0 Å². The highest BCUT2D eigenvalue weighted by atomic mass is 16.6. The third-order valence-corrected chi connectivity index (χ3v) is 2.57. The first kappa shape index (κ1) is 12.5. The number of ether oxygens (including phenoxy) is 1. The quantitative estimate of drug-likeness (QED) is 0.731. The maximum atomic E-state index is 11.7. The summed E-state index contributed by atoms with van der Waals surface area (Å²) in [6, 6.07) is 0.424. The summed E-state index contributed by atoms with van der Waals surface area (Å²) in [6.07, 6.45) is 4.33. The van der Waals surface area contributed by atoms with Gasteiger partial charge in [0.15, 0.2) is 0 Å². The zero-order valence-corrected chi connectivity index (χ0v) is 10.3. The van der Waals surface area contributed by atoms with E-state index in [2.05, 4.69) is 12.2 Å². The van der Waals surface area contributed by atoms with Crippen molar-refractivity contribution in [3.63, 3.8) is 0 Å². The fourth-order valence-corrected chi connectivity index (χ4v) is 1.95. The Kier molecular flexibility index (Phi) is 4.14. The first-order valence-electron chi connectivity index (χ1n) is 5.91. The van der Waals surface area contributed by atoms with Crippen molar-refractivity contribution in [2.75, 3.05) is 0 Å². The number of rotatable bonds is 3. The molecule has 1 heterocycles. The van der Waals surface area contributed by atoms with Crippen molar-refractivity contribution in [3.8, 4) is 0 Å². The monoisotopic (exact) mass is 213 g/mol. The van der Waals surface area contributed by atoms with Crippen molar-refractivity contribution >= 4 is 5.97 Å². The fourth-order valence-electron chi connectivity index (χ4n) is 1.95. The number of hydrogen-bond acceptors (Lipinski definition) is 3. The number of carbonyl (C=O) groups excluding carboxylic acids is 1. The molecule has 15 heavy (non-hydrogen) atoms. The molecule has 3 heteroatoms. The molecular formula is C12H23NO2. The van der Waals surface area contributed by atoms with Gasteiger partial charge in [-0.3, -0.25) is 4.79 Å². The summed E-state index contributed by atoms with van der Waals surface area (Å²) >= 11 is 0. The second-order valence-corrected chi connectivity index (χ2v) is 5.32. The van der Waals surface area contributed by atoms with E-state index in [0.29, 0.717) is 6.04 Å². The number of esters is 1. The largest absolute Gasteiger partial charge is 0.459 e. The van der Waals surface area contributed by atoms with Crippen LogP contribution < -0.4 is 5.32 Å². The van der Waals surface area contributed by atoms with E-state index in [4.69, 9.17) is 4.74 Å². The van der Waals surface area contributed by atoms with Crippen molar-refractivity contribution in [1.29, 1.82) is 0 Å². The predicted molar refractivity (Wildman–Crippen MR) is 60.7 cm³/mol. The highest BCUT2D eigenvalue weighted by molar-refractivity contribution is 5.76. The molecule has 0 aromatic heterocycles. The SMILES string of the molecule is CCC[C@H]1CC[C@@H](C(=O)OC(C)(C)C)N1. The Morgan fingerprint density at radius 1 is 1.40 bits per heavy atom. The van der Waals surface area contributed by atoms with Gasteiger partial charge in [0, 0.05) is 6.04 Å². The van der Waals surface area contributed by atoms with E-state index in [1.54, 1.807) is 0 Å². The van der Waals surface area contributed by atoms with Crippen LogP contribution in [0.5, 0.6) is 0 Å². The number of hydrogen-bond donors (Lipinski definition) is 1. The normalized spacial score (nSPS) is 26.7. The van der Waals surface area contributed by atoms with Crippen molar-refractivity contribution in [1.82, 2.24) is 5.32 Å². The lowest BCUT2D eigenvalue weighted by Crippen LogP contribution is -2.39. The Hall–Kier alpha value is -0.570. The maximum Gasteiger partial charge on any atom is 0.323 e. The lowest BCUT2D eigenvalue weighted by Gasteiger charge is -2.22. The minimum absolute atomic E-state index is 0.0826. The van der Waals surface area contributed by atoms with Crippen LogP contribution >= 0.6 is 0 Å². The van der Waals surface area contributed by atoms with Gasteiger partial charge in [-0.25, -0.2) is 0 Å². The molecule has 0 aromatic carbocycles. The minimum Gasteiger partial charge on any atom is -0.459 e. The summed E-state index contributed by atoms with van der Waals surface area (Å²) in [7, 11) is 0. The van der Waals surface area contributed by atoms with E-state index in [0.717, 1.165) is 19.3 Å². The average molecular weight is 213 g/mol. The lowest BCUT2D eigenvalue weighted by atomic mass is 10.1. The van der Waals surface area contributed by atoms with Gasteiger partial charge in [-0.2, -0.15) is 0 Å². The minimum atomic E-state index is -0.373. The molecule has 1 saturated heterocycles. The van der Waals surface area contributed by atoms with Crippen LogP contribution in [0.15, 0.2) is 0 Å². The van der Waals surface area contributed by atoms with Gasteiger partial charge in [0.2, 0.25) is 0 Å².